The van der Waals surface area contributed by atoms with Crippen molar-refractivity contribution in [2.75, 3.05) is 0 Å². The van der Waals surface area contributed by atoms with Gasteiger partial charge in [-0.1, -0.05) is 32.6 Å². The van der Waals surface area contributed by atoms with Gasteiger partial charge in [0.05, 0.1) is 5.92 Å². The van der Waals surface area contributed by atoms with Crippen LogP contribution in [-0.2, 0) is 0 Å². The molecule has 0 aliphatic heterocycles. The topological polar surface area (TPSA) is 0 Å². The zero-order valence-electron chi connectivity index (χ0n) is 8.03. The van der Waals surface area contributed by atoms with Crippen molar-refractivity contribution in [1.82, 2.24) is 0 Å². The third kappa shape index (κ3) is 2.89. The minimum absolute atomic E-state index is 0.0984. The third-order valence-corrected chi connectivity index (χ3v) is 2.99. The maximum absolute atomic E-state index is 12.5. The summed E-state index contributed by atoms with van der Waals surface area (Å²) in [6.07, 6.45) is 0.523. The Balaban J connectivity index is 2.56. The lowest BCUT2D eigenvalue weighted by molar-refractivity contribution is -0.196. The molecule has 1 unspecified atom stereocenters. The Morgan fingerprint density at radius 1 is 1.15 bits per heavy atom. The molecule has 1 fully saturated rings. The van der Waals surface area contributed by atoms with Crippen molar-refractivity contribution in [2.24, 2.45) is 11.8 Å². The quantitative estimate of drug-likeness (QED) is 0.619. The minimum Gasteiger partial charge on any atom is -0.171 e. The Bertz CT molecular complexity index is 149. The van der Waals surface area contributed by atoms with E-state index in [1.54, 1.807) is 0 Å². The highest BCUT2D eigenvalue weighted by Gasteiger charge is 2.44. The van der Waals surface area contributed by atoms with E-state index in [9.17, 15) is 13.2 Å². The Morgan fingerprint density at radius 2 is 1.77 bits per heavy atom. The first-order valence-corrected chi connectivity index (χ1v) is 5.12. The first-order chi connectivity index (χ1) is 6.05. The van der Waals surface area contributed by atoms with Gasteiger partial charge in [-0.2, -0.15) is 13.2 Å². The molecule has 1 rings (SSSR count). The standard InChI is InChI=1S/C10H17F3/c1-2-5-8-6-3-4-7-9(8)10(11,12)13/h8-9H,2-7H2,1H3/t8?,9-/m1/s1. The summed E-state index contributed by atoms with van der Waals surface area (Å²) < 4.78 is 37.5. The lowest BCUT2D eigenvalue weighted by atomic mass is 9.76. The molecule has 1 saturated carbocycles. The van der Waals surface area contributed by atoms with E-state index in [1.165, 1.54) is 0 Å². The van der Waals surface area contributed by atoms with Crippen LogP contribution in [0.3, 0.4) is 0 Å². The van der Waals surface area contributed by atoms with E-state index in [1.807, 2.05) is 6.92 Å². The van der Waals surface area contributed by atoms with Gasteiger partial charge >= 0.3 is 6.18 Å². The molecular formula is C10H17F3. The van der Waals surface area contributed by atoms with Crippen LogP contribution in [0, 0.1) is 11.8 Å². The maximum Gasteiger partial charge on any atom is 0.392 e. The molecule has 0 saturated heterocycles. The van der Waals surface area contributed by atoms with Crippen LogP contribution in [0.2, 0.25) is 0 Å². The van der Waals surface area contributed by atoms with Crippen molar-refractivity contribution in [3.63, 3.8) is 0 Å². The van der Waals surface area contributed by atoms with Gasteiger partial charge in [-0.3, -0.25) is 0 Å². The van der Waals surface area contributed by atoms with E-state index in [-0.39, 0.29) is 5.92 Å². The summed E-state index contributed by atoms with van der Waals surface area (Å²) in [4.78, 5) is 0. The molecule has 0 heterocycles. The minimum atomic E-state index is -3.96. The molecule has 0 nitrogen and oxygen atoms in total. The fourth-order valence-corrected chi connectivity index (χ4v) is 2.35. The second-order valence-electron chi connectivity index (χ2n) is 3.98. The SMILES string of the molecule is CCCC1CCCC[C@H]1C(F)(F)F. The van der Waals surface area contributed by atoms with Crippen LogP contribution in [0.15, 0.2) is 0 Å². The van der Waals surface area contributed by atoms with Crippen LogP contribution in [0.4, 0.5) is 13.2 Å². The van der Waals surface area contributed by atoms with Crippen LogP contribution in [0.1, 0.15) is 45.4 Å². The normalized spacial score (nSPS) is 30.5. The highest BCUT2D eigenvalue weighted by Crippen LogP contribution is 2.43. The van der Waals surface area contributed by atoms with Gasteiger partial charge in [0.25, 0.3) is 0 Å². The van der Waals surface area contributed by atoms with Gasteiger partial charge in [-0.05, 0) is 18.8 Å². The monoisotopic (exact) mass is 194 g/mol. The summed E-state index contributed by atoms with van der Waals surface area (Å²) in [5.41, 5.74) is 0. The highest BCUT2D eigenvalue weighted by molar-refractivity contribution is 4.80. The maximum atomic E-state index is 12.5. The molecule has 3 heteroatoms. The first kappa shape index (κ1) is 10.9. The van der Waals surface area contributed by atoms with Crippen molar-refractivity contribution in [1.29, 1.82) is 0 Å². The zero-order chi connectivity index (χ0) is 9.90. The molecule has 0 radical (unpaired) electrons. The molecule has 0 bridgehead atoms. The molecule has 1 aliphatic rings. The van der Waals surface area contributed by atoms with Gasteiger partial charge in [0.1, 0.15) is 0 Å². The summed E-state index contributed by atoms with van der Waals surface area (Å²) in [6.45, 7) is 1.96. The van der Waals surface area contributed by atoms with Crippen LogP contribution < -0.4 is 0 Å². The molecule has 78 valence electrons. The van der Waals surface area contributed by atoms with E-state index in [4.69, 9.17) is 0 Å². The third-order valence-electron chi connectivity index (χ3n) is 2.99. The molecule has 0 aromatic rings. The predicted molar refractivity (Wildman–Crippen MR) is 46.4 cm³/mol. The van der Waals surface area contributed by atoms with E-state index in [0.29, 0.717) is 6.42 Å². The van der Waals surface area contributed by atoms with Gasteiger partial charge in [0.15, 0.2) is 0 Å². The molecule has 0 aromatic carbocycles. The van der Waals surface area contributed by atoms with Crippen LogP contribution in [0.25, 0.3) is 0 Å². The smallest absolute Gasteiger partial charge is 0.171 e. The summed E-state index contributed by atoms with van der Waals surface area (Å²) in [7, 11) is 0. The average molecular weight is 194 g/mol. The average Bonchev–Trinajstić information content (AvgIpc) is 2.04. The van der Waals surface area contributed by atoms with E-state index >= 15 is 0 Å². The van der Waals surface area contributed by atoms with Crippen LogP contribution in [0.5, 0.6) is 0 Å². The highest BCUT2D eigenvalue weighted by atomic mass is 19.4. The molecule has 2 atom stereocenters. The Kier molecular flexibility index (Phi) is 3.63. The number of alkyl halides is 3. The van der Waals surface area contributed by atoms with Gasteiger partial charge in [-0.25, -0.2) is 0 Å². The molecule has 13 heavy (non-hydrogen) atoms. The van der Waals surface area contributed by atoms with Crippen molar-refractivity contribution in [3.05, 3.63) is 0 Å². The fourth-order valence-electron chi connectivity index (χ4n) is 2.35. The first-order valence-electron chi connectivity index (χ1n) is 5.12. The van der Waals surface area contributed by atoms with Crippen molar-refractivity contribution < 1.29 is 13.2 Å². The molecule has 0 aromatic heterocycles. The van der Waals surface area contributed by atoms with Crippen LogP contribution in [-0.4, -0.2) is 6.18 Å². The summed E-state index contributed by atoms with van der Waals surface area (Å²) >= 11 is 0. The largest absolute Gasteiger partial charge is 0.392 e. The zero-order valence-corrected chi connectivity index (χ0v) is 8.03. The second-order valence-corrected chi connectivity index (χ2v) is 3.98. The molecular weight excluding hydrogens is 177 g/mol. The summed E-state index contributed by atoms with van der Waals surface area (Å²) in [5.74, 6) is -1.11. The molecule has 0 N–H and O–H groups in total. The Labute approximate surface area is 77.5 Å². The van der Waals surface area contributed by atoms with E-state index in [2.05, 4.69) is 0 Å². The van der Waals surface area contributed by atoms with Crippen molar-refractivity contribution in [2.45, 2.75) is 51.6 Å². The van der Waals surface area contributed by atoms with Crippen LogP contribution >= 0.6 is 0 Å². The predicted octanol–water partition coefficient (Wildman–Crippen LogP) is 4.16. The number of rotatable bonds is 2. The summed E-state index contributed by atoms with van der Waals surface area (Å²) in [5, 5.41) is 0. The molecule has 1 aliphatic carbocycles. The van der Waals surface area contributed by atoms with Gasteiger partial charge in [0, 0.05) is 0 Å². The van der Waals surface area contributed by atoms with E-state index < -0.39 is 12.1 Å². The van der Waals surface area contributed by atoms with E-state index in [0.717, 1.165) is 32.1 Å². The van der Waals surface area contributed by atoms with Gasteiger partial charge in [0.2, 0.25) is 0 Å². The molecule has 0 amide bonds. The lowest BCUT2D eigenvalue weighted by Gasteiger charge is -2.32. The van der Waals surface area contributed by atoms with Crippen molar-refractivity contribution in [3.8, 4) is 0 Å². The second kappa shape index (κ2) is 4.34. The summed E-state index contributed by atoms with van der Waals surface area (Å²) in [6, 6.07) is 0. The van der Waals surface area contributed by atoms with Crippen molar-refractivity contribution >= 4 is 0 Å². The van der Waals surface area contributed by atoms with Gasteiger partial charge in [-0.15, -0.1) is 0 Å². The number of hydrogen-bond donors (Lipinski definition) is 0. The molecule has 0 spiro atoms. The number of halogens is 3. The fraction of sp³-hybridized carbons (Fsp3) is 1.00. The van der Waals surface area contributed by atoms with Gasteiger partial charge < -0.3 is 0 Å². The Hall–Kier alpha value is -0.210. The lowest BCUT2D eigenvalue weighted by Crippen LogP contribution is -2.32. The number of hydrogen-bond acceptors (Lipinski definition) is 0. The Morgan fingerprint density at radius 3 is 2.31 bits per heavy atom.